The van der Waals surface area contributed by atoms with Crippen LogP contribution in [0.25, 0.3) is 0 Å². The quantitative estimate of drug-likeness (QED) is 0.0744. The first-order valence-electron chi connectivity index (χ1n) is 10.3. The molecule has 0 spiro atoms. The second kappa shape index (κ2) is 11.4. The first-order valence-corrected chi connectivity index (χ1v) is 13.1. The molecule has 2 amide bonds. The van der Waals surface area contributed by atoms with Gasteiger partial charge in [-0.15, -0.1) is 23.3 Å². The number of terminal acetylenes is 1. The highest BCUT2D eigenvalue weighted by Crippen LogP contribution is 2.41. The standard InChI is InChI=1S/C18H16N10O7S3/c1-2-3-27-18(22-25-26-27)37-6-7-5-36-15-10(14(32)28(15)11(7)16(33)34)20-13(31)9(23-35-4-8(29)30)12-21-17(19)38-24-12/h1,10,15H,3-6H2,(H,20,31)(H,29,30)(H,33,34)(H2,19,21,24)/b23-9+. The topological polar surface area (TPSA) is 241 Å². The van der Waals surface area contributed by atoms with E-state index in [9.17, 15) is 24.3 Å². The lowest BCUT2D eigenvalue weighted by Gasteiger charge is -2.49. The summed E-state index contributed by atoms with van der Waals surface area (Å²) in [6.07, 6.45) is 5.29. The van der Waals surface area contributed by atoms with E-state index in [-0.39, 0.29) is 34.7 Å². The van der Waals surface area contributed by atoms with Crippen LogP contribution in [-0.2, 0) is 30.6 Å². The summed E-state index contributed by atoms with van der Waals surface area (Å²) in [6, 6.07) is -1.10. The lowest BCUT2D eigenvalue weighted by Crippen LogP contribution is -2.71. The molecule has 2 aromatic rings. The Kier molecular flexibility index (Phi) is 8.08. The number of hydrogen-bond donors (Lipinski definition) is 4. The Morgan fingerprint density at radius 1 is 1.37 bits per heavy atom. The van der Waals surface area contributed by atoms with Crippen molar-refractivity contribution in [2.75, 3.05) is 23.8 Å². The average molecular weight is 581 g/mol. The molecule has 5 N–H and O–H groups in total. The summed E-state index contributed by atoms with van der Waals surface area (Å²) in [7, 11) is 0. The number of nitrogen functional groups attached to an aromatic ring is 1. The Morgan fingerprint density at radius 3 is 2.82 bits per heavy atom. The van der Waals surface area contributed by atoms with Crippen molar-refractivity contribution in [2.45, 2.75) is 23.1 Å². The van der Waals surface area contributed by atoms with Gasteiger partial charge in [-0.25, -0.2) is 14.3 Å². The van der Waals surface area contributed by atoms with Gasteiger partial charge in [0.2, 0.25) is 23.3 Å². The Balaban J connectivity index is 1.49. The van der Waals surface area contributed by atoms with Gasteiger partial charge in [0, 0.05) is 23.0 Å². The number of carboxylic acid groups (broad SMARTS) is 2. The highest BCUT2D eigenvalue weighted by Gasteiger charge is 2.54. The maximum atomic E-state index is 13.0. The van der Waals surface area contributed by atoms with Crippen molar-refractivity contribution in [1.82, 2.24) is 39.8 Å². The molecule has 0 aliphatic carbocycles. The molecule has 2 atom stereocenters. The van der Waals surface area contributed by atoms with Crippen LogP contribution in [-0.4, -0.2) is 104 Å². The van der Waals surface area contributed by atoms with Crippen molar-refractivity contribution in [1.29, 1.82) is 0 Å². The normalized spacial score (nSPS) is 18.9. The number of oxime groups is 1. The molecule has 4 rings (SSSR count). The number of nitrogens with zero attached hydrogens (tertiary/aromatic N) is 8. The second-order valence-corrected chi connectivity index (χ2v) is 10.1. The molecule has 1 saturated heterocycles. The third kappa shape index (κ3) is 5.53. The molecular weight excluding hydrogens is 564 g/mol. The van der Waals surface area contributed by atoms with E-state index >= 15 is 0 Å². The molecule has 38 heavy (non-hydrogen) atoms. The molecule has 2 aliphatic rings. The van der Waals surface area contributed by atoms with Crippen LogP contribution in [0.15, 0.2) is 21.6 Å². The molecule has 2 aliphatic heterocycles. The number of amides is 2. The van der Waals surface area contributed by atoms with Crippen molar-refractivity contribution in [3.05, 3.63) is 17.1 Å². The van der Waals surface area contributed by atoms with E-state index in [1.807, 2.05) is 0 Å². The van der Waals surface area contributed by atoms with E-state index < -0.39 is 47.5 Å². The molecule has 17 nitrogen and oxygen atoms in total. The minimum Gasteiger partial charge on any atom is -0.479 e. The SMILES string of the molecule is C#CCn1nnnc1SCC1=C(C(=O)O)N2C(=O)C(NC(=O)/C(=N/OCC(=O)O)c3nsc(N)n3)C2SC1. The van der Waals surface area contributed by atoms with Gasteiger partial charge in [-0.3, -0.25) is 14.5 Å². The third-order valence-electron chi connectivity index (χ3n) is 4.86. The number of tetrazole rings is 1. The highest BCUT2D eigenvalue weighted by molar-refractivity contribution is 8.01. The lowest BCUT2D eigenvalue weighted by molar-refractivity contribution is -0.150. The van der Waals surface area contributed by atoms with Gasteiger partial charge >= 0.3 is 11.9 Å². The smallest absolute Gasteiger partial charge is 0.352 e. The number of aliphatic carboxylic acids is 2. The fraction of sp³-hybridized carbons (Fsp3) is 0.333. The number of carbonyl (C=O) groups is 4. The number of fused-ring (bicyclic) bond motifs is 1. The van der Waals surface area contributed by atoms with Crippen LogP contribution in [0, 0.1) is 12.3 Å². The molecule has 20 heteroatoms. The van der Waals surface area contributed by atoms with Gasteiger partial charge < -0.3 is 26.1 Å². The van der Waals surface area contributed by atoms with Crippen LogP contribution in [0.5, 0.6) is 0 Å². The summed E-state index contributed by atoms with van der Waals surface area (Å²) < 4.78 is 5.25. The summed E-state index contributed by atoms with van der Waals surface area (Å²) in [5.74, 6) is -1.63. The average Bonchev–Trinajstić information content (AvgIpc) is 3.51. The number of thioether (sulfide) groups is 2. The Morgan fingerprint density at radius 2 is 2.16 bits per heavy atom. The van der Waals surface area contributed by atoms with Gasteiger partial charge in [-0.05, 0) is 16.0 Å². The first-order chi connectivity index (χ1) is 18.2. The van der Waals surface area contributed by atoms with Gasteiger partial charge in [0.15, 0.2) is 5.13 Å². The summed E-state index contributed by atoms with van der Waals surface area (Å²) in [4.78, 5) is 58.3. The van der Waals surface area contributed by atoms with Gasteiger partial charge in [0.1, 0.15) is 23.7 Å². The van der Waals surface area contributed by atoms with Crippen molar-refractivity contribution in [3.8, 4) is 12.3 Å². The number of nitrogens with one attached hydrogen (secondary N) is 1. The number of hydrogen-bond acceptors (Lipinski definition) is 15. The maximum Gasteiger partial charge on any atom is 0.352 e. The van der Waals surface area contributed by atoms with E-state index in [1.54, 1.807) is 0 Å². The predicted octanol–water partition coefficient (Wildman–Crippen LogP) is -1.92. The molecule has 1 fully saturated rings. The molecule has 0 aromatic carbocycles. The van der Waals surface area contributed by atoms with Crippen LogP contribution in [0.3, 0.4) is 0 Å². The lowest BCUT2D eigenvalue weighted by atomic mass is 10.0. The number of β-lactam (4-membered cyclic amide) rings is 1. The Labute approximate surface area is 225 Å². The van der Waals surface area contributed by atoms with Crippen LogP contribution in [0.2, 0.25) is 0 Å². The fourth-order valence-electron chi connectivity index (χ4n) is 3.31. The molecule has 198 valence electrons. The van der Waals surface area contributed by atoms with Crippen LogP contribution in [0.1, 0.15) is 5.82 Å². The summed E-state index contributed by atoms with van der Waals surface area (Å²) >= 11 is 3.18. The number of carboxylic acids is 2. The van der Waals surface area contributed by atoms with Crippen LogP contribution in [0.4, 0.5) is 5.13 Å². The summed E-state index contributed by atoms with van der Waals surface area (Å²) in [5, 5.41) is 35.4. The summed E-state index contributed by atoms with van der Waals surface area (Å²) in [5.41, 5.74) is 5.32. The van der Waals surface area contributed by atoms with E-state index in [1.165, 1.54) is 28.2 Å². The molecule has 0 radical (unpaired) electrons. The Hall–Kier alpha value is -4.22. The highest BCUT2D eigenvalue weighted by atomic mass is 32.2. The zero-order chi connectivity index (χ0) is 27.4. The fourth-order valence-corrected chi connectivity index (χ4v) is 6.10. The zero-order valence-electron chi connectivity index (χ0n) is 18.9. The molecular formula is C18H16N10O7S3. The minimum absolute atomic E-state index is 0.0161. The zero-order valence-corrected chi connectivity index (χ0v) is 21.3. The molecule has 0 bridgehead atoms. The van der Waals surface area contributed by atoms with E-state index in [0.717, 1.165) is 16.4 Å². The van der Waals surface area contributed by atoms with Gasteiger partial charge in [-0.2, -0.15) is 9.36 Å². The predicted molar refractivity (Wildman–Crippen MR) is 132 cm³/mol. The molecule has 0 saturated carbocycles. The molecule has 2 unspecified atom stereocenters. The van der Waals surface area contributed by atoms with Crippen molar-refractivity contribution in [2.24, 2.45) is 5.16 Å². The van der Waals surface area contributed by atoms with Crippen LogP contribution < -0.4 is 11.1 Å². The monoisotopic (exact) mass is 580 g/mol. The Bertz CT molecular complexity index is 1400. The minimum atomic E-state index is -1.34. The maximum absolute atomic E-state index is 13.0. The van der Waals surface area contributed by atoms with Crippen molar-refractivity contribution in [3.63, 3.8) is 0 Å². The van der Waals surface area contributed by atoms with Crippen LogP contribution >= 0.6 is 35.1 Å². The van der Waals surface area contributed by atoms with E-state index in [2.05, 4.69) is 46.1 Å². The molecule has 4 heterocycles. The molecule has 2 aromatic heterocycles. The number of rotatable bonds is 11. The number of nitrogens with two attached hydrogens (primary N) is 1. The summed E-state index contributed by atoms with van der Waals surface area (Å²) in [6.45, 7) is -0.702. The number of aromatic nitrogens is 6. The largest absolute Gasteiger partial charge is 0.479 e. The van der Waals surface area contributed by atoms with Gasteiger partial charge in [0.25, 0.3) is 11.8 Å². The van der Waals surface area contributed by atoms with Gasteiger partial charge in [-0.1, -0.05) is 22.8 Å². The first kappa shape index (κ1) is 26.8. The van der Waals surface area contributed by atoms with Crippen molar-refractivity contribution < 1.29 is 34.2 Å². The number of anilines is 1. The van der Waals surface area contributed by atoms with Gasteiger partial charge in [0.05, 0.1) is 0 Å². The third-order valence-corrected chi connectivity index (χ3v) is 7.79. The second-order valence-electron chi connectivity index (χ2n) is 7.29. The van der Waals surface area contributed by atoms with E-state index in [0.29, 0.717) is 10.7 Å². The van der Waals surface area contributed by atoms with Crippen molar-refractivity contribution >= 4 is 69.7 Å². The number of carbonyl (C=O) groups excluding carboxylic acids is 2. The van der Waals surface area contributed by atoms with E-state index in [4.69, 9.17) is 17.3 Å².